The van der Waals surface area contributed by atoms with Crippen molar-refractivity contribution in [1.82, 2.24) is 9.88 Å². The maximum atomic E-state index is 11.2. The molecule has 0 spiro atoms. The van der Waals surface area contributed by atoms with Gasteiger partial charge in [-0.05, 0) is 45.5 Å². The number of nitrogens with zero attached hydrogens (tertiary/aromatic N) is 3. The normalized spacial score (nSPS) is 18.8. The SMILES string of the molecule is CCc1cc(C(=O)O)cc(N2CCCC2CN(C)C)n1. The van der Waals surface area contributed by atoms with E-state index < -0.39 is 5.97 Å². The molecule has 0 aromatic carbocycles. The van der Waals surface area contributed by atoms with E-state index in [0.29, 0.717) is 11.6 Å². The molecule has 5 nitrogen and oxygen atoms in total. The molecule has 1 atom stereocenters. The Bertz CT molecular complexity index is 488. The lowest BCUT2D eigenvalue weighted by Crippen LogP contribution is -2.38. The predicted octanol–water partition coefficient (Wildman–Crippen LogP) is 1.87. The number of anilines is 1. The third-order valence-electron chi connectivity index (χ3n) is 3.72. The fourth-order valence-corrected chi connectivity index (χ4v) is 2.77. The van der Waals surface area contributed by atoms with Crippen molar-refractivity contribution in [3.63, 3.8) is 0 Å². The van der Waals surface area contributed by atoms with Gasteiger partial charge in [-0.1, -0.05) is 6.92 Å². The van der Waals surface area contributed by atoms with E-state index in [1.807, 2.05) is 6.92 Å². The van der Waals surface area contributed by atoms with Gasteiger partial charge in [-0.2, -0.15) is 0 Å². The number of carboxylic acids is 1. The molecular formula is C15H23N3O2. The Kier molecular flexibility index (Phi) is 4.60. The smallest absolute Gasteiger partial charge is 0.335 e. The number of likely N-dealkylation sites (N-methyl/N-ethyl adjacent to an activating group) is 1. The lowest BCUT2D eigenvalue weighted by atomic mass is 10.1. The number of hydrogen-bond acceptors (Lipinski definition) is 4. The number of carbonyl (C=O) groups is 1. The molecule has 1 aromatic heterocycles. The Morgan fingerprint density at radius 2 is 2.25 bits per heavy atom. The van der Waals surface area contributed by atoms with Gasteiger partial charge in [-0.15, -0.1) is 0 Å². The average molecular weight is 277 g/mol. The third kappa shape index (κ3) is 3.28. The van der Waals surface area contributed by atoms with E-state index in [0.717, 1.165) is 43.9 Å². The summed E-state index contributed by atoms with van der Waals surface area (Å²) in [6.07, 6.45) is 3.03. The van der Waals surface area contributed by atoms with Crippen molar-refractivity contribution >= 4 is 11.8 Å². The molecule has 0 amide bonds. The van der Waals surface area contributed by atoms with Crippen LogP contribution in [0.15, 0.2) is 12.1 Å². The van der Waals surface area contributed by atoms with Gasteiger partial charge in [-0.3, -0.25) is 0 Å². The van der Waals surface area contributed by atoms with Crippen LogP contribution in [0.25, 0.3) is 0 Å². The van der Waals surface area contributed by atoms with Crippen LogP contribution in [0.3, 0.4) is 0 Å². The van der Waals surface area contributed by atoms with E-state index in [-0.39, 0.29) is 0 Å². The van der Waals surface area contributed by atoms with Gasteiger partial charge in [0, 0.05) is 24.8 Å². The molecular weight excluding hydrogens is 254 g/mol. The summed E-state index contributed by atoms with van der Waals surface area (Å²) in [5.41, 5.74) is 1.18. The highest BCUT2D eigenvalue weighted by molar-refractivity contribution is 5.88. The molecule has 1 aliphatic rings. The number of aromatic nitrogens is 1. The lowest BCUT2D eigenvalue weighted by Gasteiger charge is -2.28. The summed E-state index contributed by atoms with van der Waals surface area (Å²) in [4.78, 5) is 20.3. The first kappa shape index (κ1) is 14.8. The van der Waals surface area contributed by atoms with Gasteiger partial charge in [0.25, 0.3) is 0 Å². The maximum Gasteiger partial charge on any atom is 0.335 e. The molecule has 1 aromatic rings. The summed E-state index contributed by atoms with van der Waals surface area (Å²) >= 11 is 0. The molecule has 2 rings (SSSR count). The zero-order valence-electron chi connectivity index (χ0n) is 12.5. The molecule has 110 valence electrons. The summed E-state index contributed by atoms with van der Waals surface area (Å²) < 4.78 is 0. The molecule has 0 aliphatic carbocycles. The largest absolute Gasteiger partial charge is 0.478 e. The van der Waals surface area contributed by atoms with Gasteiger partial charge in [0.2, 0.25) is 0 Å². The summed E-state index contributed by atoms with van der Waals surface area (Å²) in [6, 6.07) is 3.80. The summed E-state index contributed by atoms with van der Waals surface area (Å²) in [6.45, 7) is 3.93. The van der Waals surface area contributed by atoms with Gasteiger partial charge in [0.05, 0.1) is 5.56 Å². The molecule has 1 fully saturated rings. The zero-order valence-corrected chi connectivity index (χ0v) is 12.5. The Hall–Kier alpha value is -1.62. The van der Waals surface area contributed by atoms with Crippen molar-refractivity contribution in [3.05, 3.63) is 23.4 Å². The van der Waals surface area contributed by atoms with Crippen LogP contribution >= 0.6 is 0 Å². The molecule has 1 aliphatic heterocycles. The van der Waals surface area contributed by atoms with E-state index in [1.54, 1.807) is 12.1 Å². The Morgan fingerprint density at radius 3 is 2.85 bits per heavy atom. The number of carboxylic acid groups (broad SMARTS) is 1. The highest BCUT2D eigenvalue weighted by Crippen LogP contribution is 2.25. The zero-order chi connectivity index (χ0) is 14.7. The van der Waals surface area contributed by atoms with Crippen molar-refractivity contribution in [3.8, 4) is 0 Å². The van der Waals surface area contributed by atoms with Crippen LogP contribution in [0.2, 0.25) is 0 Å². The minimum Gasteiger partial charge on any atom is -0.478 e. The molecule has 20 heavy (non-hydrogen) atoms. The predicted molar refractivity (Wildman–Crippen MR) is 79.5 cm³/mol. The van der Waals surface area contributed by atoms with Crippen LogP contribution in [0.4, 0.5) is 5.82 Å². The number of aryl methyl sites for hydroxylation is 1. The lowest BCUT2D eigenvalue weighted by molar-refractivity contribution is 0.0696. The first-order valence-electron chi connectivity index (χ1n) is 7.17. The van der Waals surface area contributed by atoms with Crippen LogP contribution in [-0.4, -0.2) is 54.2 Å². The maximum absolute atomic E-state index is 11.2. The average Bonchev–Trinajstić information content (AvgIpc) is 2.85. The van der Waals surface area contributed by atoms with E-state index in [2.05, 4.69) is 28.9 Å². The first-order chi connectivity index (χ1) is 9.51. The van der Waals surface area contributed by atoms with Gasteiger partial charge in [-0.25, -0.2) is 9.78 Å². The number of hydrogen-bond donors (Lipinski definition) is 1. The van der Waals surface area contributed by atoms with E-state index in [9.17, 15) is 9.90 Å². The van der Waals surface area contributed by atoms with Gasteiger partial charge in [0.1, 0.15) is 5.82 Å². The molecule has 5 heteroatoms. The quantitative estimate of drug-likeness (QED) is 0.890. The second-order valence-corrected chi connectivity index (χ2v) is 5.62. The Morgan fingerprint density at radius 1 is 1.50 bits per heavy atom. The fourth-order valence-electron chi connectivity index (χ4n) is 2.77. The Labute approximate surface area is 120 Å². The van der Waals surface area contributed by atoms with Gasteiger partial charge in [0.15, 0.2) is 0 Å². The second kappa shape index (κ2) is 6.22. The van der Waals surface area contributed by atoms with Crippen molar-refractivity contribution in [2.75, 3.05) is 32.1 Å². The van der Waals surface area contributed by atoms with Gasteiger partial charge >= 0.3 is 5.97 Å². The van der Waals surface area contributed by atoms with Crippen molar-refractivity contribution in [2.45, 2.75) is 32.2 Å². The highest BCUT2D eigenvalue weighted by atomic mass is 16.4. The summed E-state index contributed by atoms with van der Waals surface area (Å²) in [5.74, 6) is -0.0715. The van der Waals surface area contributed by atoms with Gasteiger partial charge < -0.3 is 14.9 Å². The number of rotatable bonds is 5. The molecule has 1 unspecified atom stereocenters. The molecule has 0 bridgehead atoms. The Balaban J connectivity index is 2.30. The second-order valence-electron chi connectivity index (χ2n) is 5.62. The van der Waals surface area contributed by atoms with Crippen LogP contribution in [0.1, 0.15) is 35.8 Å². The van der Waals surface area contributed by atoms with Crippen LogP contribution < -0.4 is 4.90 Å². The van der Waals surface area contributed by atoms with E-state index in [1.165, 1.54) is 0 Å². The standard InChI is InChI=1S/C15H23N3O2/c1-4-12-8-11(15(19)20)9-14(16-12)18-7-5-6-13(18)10-17(2)3/h8-9,13H,4-7,10H2,1-3H3,(H,19,20). The molecule has 2 heterocycles. The third-order valence-corrected chi connectivity index (χ3v) is 3.72. The number of aromatic carboxylic acids is 1. The molecule has 0 radical (unpaired) electrons. The minimum atomic E-state index is -0.883. The van der Waals surface area contributed by atoms with Crippen molar-refractivity contribution in [1.29, 1.82) is 0 Å². The summed E-state index contributed by atoms with van der Waals surface area (Å²) in [7, 11) is 4.13. The summed E-state index contributed by atoms with van der Waals surface area (Å²) in [5, 5.41) is 9.23. The van der Waals surface area contributed by atoms with Crippen LogP contribution in [-0.2, 0) is 6.42 Å². The highest BCUT2D eigenvalue weighted by Gasteiger charge is 2.26. The van der Waals surface area contributed by atoms with Crippen LogP contribution in [0.5, 0.6) is 0 Å². The molecule has 1 saturated heterocycles. The number of pyridine rings is 1. The van der Waals surface area contributed by atoms with Crippen LogP contribution in [0, 0.1) is 0 Å². The molecule has 0 saturated carbocycles. The molecule has 1 N–H and O–H groups in total. The monoisotopic (exact) mass is 277 g/mol. The van der Waals surface area contributed by atoms with Crippen molar-refractivity contribution < 1.29 is 9.90 Å². The topological polar surface area (TPSA) is 56.7 Å². The first-order valence-corrected chi connectivity index (χ1v) is 7.17. The van der Waals surface area contributed by atoms with E-state index in [4.69, 9.17) is 0 Å². The van der Waals surface area contributed by atoms with Crippen molar-refractivity contribution in [2.24, 2.45) is 0 Å². The fraction of sp³-hybridized carbons (Fsp3) is 0.600. The minimum absolute atomic E-state index is 0.336. The van der Waals surface area contributed by atoms with E-state index >= 15 is 0 Å².